The van der Waals surface area contributed by atoms with E-state index >= 15 is 0 Å². The van der Waals surface area contributed by atoms with Crippen LogP contribution in [-0.2, 0) is 20.6 Å². The number of hydrogen-bond donors (Lipinski definition) is 1. The number of hydrogen-bond acceptors (Lipinski definition) is 5. The van der Waals surface area contributed by atoms with Gasteiger partial charge >= 0.3 is 7.12 Å². The Morgan fingerprint density at radius 2 is 1.79 bits per heavy atom. The van der Waals surface area contributed by atoms with E-state index < -0.39 is 0 Å². The number of nitrogens with one attached hydrogen (secondary N) is 1. The zero-order chi connectivity index (χ0) is 17.8. The summed E-state index contributed by atoms with van der Waals surface area (Å²) >= 11 is 0. The van der Waals surface area contributed by atoms with Crippen LogP contribution in [0, 0.1) is 0 Å². The lowest BCUT2D eigenvalue weighted by molar-refractivity contribution is 0.00578. The van der Waals surface area contributed by atoms with Crippen molar-refractivity contribution in [3.05, 3.63) is 23.8 Å². The molecular formula is C18H30BNO4. The quantitative estimate of drug-likeness (QED) is 0.583. The number of methoxy groups -OCH3 is 1. The summed E-state index contributed by atoms with van der Waals surface area (Å²) in [6.45, 7) is 13.1. The van der Waals surface area contributed by atoms with Crippen molar-refractivity contribution in [2.75, 3.05) is 26.9 Å². The second-order valence-corrected chi connectivity index (χ2v) is 7.06. The van der Waals surface area contributed by atoms with E-state index in [-0.39, 0.29) is 18.3 Å². The van der Waals surface area contributed by atoms with Crippen molar-refractivity contribution in [1.82, 2.24) is 5.32 Å². The standard InChI is InChI=1S/C18H30BNO4/c1-7-22-16-12-15(9-8-14(16)13-20-10-11-21-6)19-23-17(2,3)18(4,5)24-19/h8-9,12,20H,7,10-11,13H2,1-6H3. The minimum absolute atomic E-state index is 0.343. The predicted octanol–water partition coefficient (Wildman–Crippen LogP) is 2.12. The minimum Gasteiger partial charge on any atom is -0.494 e. The summed E-state index contributed by atoms with van der Waals surface area (Å²) in [5.74, 6) is 0.870. The lowest BCUT2D eigenvalue weighted by Gasteiger charge is -2.32. The molecule has 2 rings (SSSR count). The van der Waals surface area contributed by atoms with E-state index in [1.54, 1.807) is 7.11 Å². The van der Waals surface area contributed by atoms with Crippen LogP contribution in [0.25, 0.3) is 0 Å². The van der Waals surface area contributed by atoms with Crippen LogP contribution >= 0.6 is 0 Å². The van der Waals surface area contributed by atoms with Gasteiger partial charge in [-0.1, -0.05) is 12.1 Å². The zero-order valence-electron chi connectivity index (χ0n) is 15.8. The molecule has 0 radical (unpaired) electrons. The molecule has 0 atom stereocenters. The first-order valence-electron chi connectivity index (χ1n) is 8.61. The Bertz CT molecular complexity index is 532. The Hall–Kier alpha value is -1.08. The van der Waals surface area contributed by atoms with E-state index in [1.165, 1.54) is 0 Å². The minimum atomic E-state index is -0.371. The molecule has 1 aromatic carbocycles. The molecule has 0 saturated carbocycles. The fraction of sp³-hybridized carbons (Fsp3) is 0.667. The first-order chi connectivity index (χ1) is 11.3. The summed E-state index contributed by atoms with van der Waals surface area (Å²) in [6, 6.07) is 6.15. The van der Waals surface area contributed by atoms with Crippen LogP contribution in [0.5, 0.6) is 5.75 Å². The summed E-state index contributed by atoms with van der Waals surface area (Å²) in [5, 5.41) is 3.35. The Kier molecular flexibility index (Phi) is 6.31. The Balaban J connectivity index is 2.14. The average molecular weight is 335 g/mol. The maximum Gasteiger partial charge on any atom is 0.494 e. The fourth-order valence-corrected chi connectivity index (χ4v) is 2.53. The van der Waals surface area contributed by atoms with Crippen LogP contribution in [0.3, 0.4) is 0 Å². The molecule has 1 N–H and O–H groups in total. The molecule has 1 saturated heterocycles. The van der Waals surface area contributed by atoms with E-state index in [0.29, 0.717) is 13.2 Å². The van der Waals surface area contributed by atoms with E-state index in [2.05, 4.69) is 45.1 Å². The maximum absolute atomic E-state index is 6.13. The van der Waals surface area contributed by atoms with Gasteiger partial charge in [-0.25, -0.2) is 0 Å². The van der Waals surface area contributed by atoms with Crippen molar-refractivity contribution in [3.8, 4) is 5.75 Å². The molecule has 24 heavy (non-hydrogen) atoms. The van der Waals surface area contributed by atoms with Crippen LogP contribution in [0.4, 0.5) is 0 Å². The van der Waals surface area contributed by atoms with Gasteiger partial charge in [0.05, 0.1) is 24.4 Å². The van der Waals surface area contributed by atoms with Gasteiger partial charge in [0.25, 0.3) is 0 Å². The van der Waals surface area contributed by atoms with Gasteiger partial charge in [-0.2, -0.15) is 0 Å². The van der Waals surface area contributed by atoms with Gasteiger partial charge in [0.2, 0.25) is 0 Å². The number of ether oxygens (including phenoxy) is 2. The first-order valence-corrected chi connectivity index (χ1v) is 8.61. The summed E-state index contributed by atoms with van der Waals surface area (Å²) in [4.78, 5) is 0. The maximum atomic E-state index is 6.13. The molecule has 1 aliphatic heterocycles. The van der Waals surface area contributed by atoms with Crippen molar-refractivity contribution >= 4 is 12.6 Å². The summed E-state index contributed by atoms with van der Waals surface area (Å²) < 4.78 is 23.1. The highest BCUT2D eigenvalue weighted by Crippen LogP contribution is 2.36. The van der Waals surface area contributed by atoms with Crippen LogP contribution in [0.15, 0.2) is 18.2 Å². The van der Waals surface area contributed by atoms with Gasteiger partial charge in [-0.3, -0.25) is 0 Å². The lowest BCUT2D eigenvalue weighted by Crippen LogP contribution is -2.41. The van der Waals surface area contributed by atoms with E-state index in [1.807, 2.05) is 13.0 Å². The van der Waals surface area contributed by atoms with Crippen molar-refractivity contribution in [2.45, 2.75) is 52.4 Å². The Morgan fingerprint density at radius 3 is 2.38 bits per heavy atom. The molecule has 0 amide bonds. The average Bonchev–Trinajstić information content (AvgIpc) is 2.73. The molecule has 6 heteroatoms. The highest BCUT2D eigenvalue weighted by atomic mass is 16.7. The van der Waals surface area contributed by atoms with Gasteiger partial charge < -0.3 is 24.1 Å². The molecule has 1 fully saturated rings. The van der Waals surface area contributed by atoms with E-state index in [0.717, 1.165) is 29.9 Å². The lowest BCUT2D eigenvalue weighted by atomic mass is 9.78. The van der Waals surface area contributed by atoms with Gasteiger partial charge in [0.15, 0.2) is 0 Å². The third-order valence-electron chi connectivity index (χ3n) is 4.71. The first kappa shape index (κ1) is 19.3. The molecule has 0 unspecified atom stereocenters. The normalized spacial score (nSPS) is 18.8. The van der Waals surface area contributed by atoms with Gasteiger partial charge in [0, 0.05) is 25.8 Å². The van der Waals surface area contributed by atoms with E-state index in [9.17, 15) is 0 Å². The smallest absolute Gasteiger partial charge is 0.494 e. The van der Waals surface area contributed by atoms with Gasteiger partial charge in [0.1, 0.15) is 5.75 Å². The molecule has 0 aromatic heterocycles. The van der Waals surface area contributed by atoms with Crippen molar-refractivity contribution in [2.24, 2.45) is 0 Å². The fourth-order valence-electron chi connectivity index (χ4n) is 2.53. The topological polar surface area (TPSA) is 49.0 Å². The molecule has 0 spiro atoms. The van der Waals surface area contributed by atoms with Crippen molar-refractivity contribution < 1.29 is 18.8 Å². The molecule has 5 nitrogen and oxygen atoms in total. The molecule has 0 aliphatic carbocycles. The summed E-state index contributed by atoms with van der Waals surface area (Å²) in [5.41, 5.74) is 1.42. The van der Waals surface area contributed by atoms with Crippen molar-refractivity contribution in [1.29, 1.82) is 0 Å². The third-order valence-corrected chi connectivity index (χ3v) is 4.71. The summed E-state index contributed by atoms with van der Waals surface area (Å²) in [6.07, 6.45) is 0. The van der Waals surface area contributed by atoms with Crippen LogP contribution in [0.1, 0.15) is 40.2 Å². The van der Waals surface area contributed by atoms with Gasteiger partial charge in [-0.15, -0.1) is 0 Å². The van der Waals surface area contributed by atoms with Gasteiger partial charge in [-0.05, 0) is 46.1 Å². The monoisotopic (exact) mass is 335 g/mol. The number of benzene rings is 1. The molecular weight excluding hydrogens is 305 g/mol. The second-order valence-electron chi connectivity index (χ2n) is 7.06. The van der Waals surface area contributed by atoms with Crippen molar-refractivity contribution in [3.63, 3.8) is 0 Å². The molecule has 134 valence electrons. The Morgan fingerprint density at radius 1 is 1.12 bits per heavy atom. The largest absolute Gasteiger partial charge is 0.494 e. The van der Waals surface area contributed by atoms with Crippen LogP contribution in [0.2, 0.25) is 0 Å². The number of rotatable bonds is 8. The molecule has 1 aromatic rings. The van der Waals surface area contributed by atoms with Crippen LogP contribution < -0.4 is 15.5 Å². The van der Waals surface area contributed by atoms with Crippen LogP contribution in [-0.4, -0.2) is 45.2 Å². The highest BCUT2D eigenvalue weighted by Gasteiger charge is 2.51. The SMILES string of the molecule is CCOc1cc(B2OC(C)(C)C(C)(C)O2)ccc1CNCCOC. The molecule has 1 heterocycles. The molecule has 1 aliphatic rings. The summed E-state index contributed by atoms with van der Waals surface area (Å²) in [7, 11) is 1.33. The second kappa shape index (κ2) is 7.87. The highest BCUT2D eigenvalue weighted by molar-refractivity contribution is 6.62. The molecule has 0 bridgehead atoms. The Labute approximate surface area is 146 Å². The van der Waals surface area contributed by atoms with E-state index in [4.69, 9.17) is 18.8 Å². The third kappa shape index (κ3) is 4.31. The zero-order valence-corrected chi connectivity index (χ0v) is 15.8. The predicted molar refractivity (Wildman–Crippen MR) is 96.9 cm³/mol.